The molecule has 2 rings (SSSR count). The molecule has 5 heteroatoms. The maximum atomic E-state index is 6.09. The summed E-state index contributed by atoms with van der Waals surface area (Å²) < 4.78 is 5.22. The number of nitrogens with two attached hydrogens (primary N) is 1. The summed E-state index contributed by atoms with van der Waals surface area (Å²) in [5, 5.41) is 3.18. The molecule has 0 aliphatic rings. The first-order chi connectivity index (χ1) is 12.1. The van der Waals surface area contributed by atoms with Gasteiger partial charge in [-0.3, -0.25) is 4.99 Å². The number of guanidine groups is 1. The Balaban J connectivity index is 2.00. The SMILES string of the molecule is COCc1ccccc1NC(N)=NCC(Cc1ccccc1)N(C)C. The van der Waals surface area contributed by atoms with Crippen molar-refractivity contribution in [2.45, 2.75) is 19.1 Å². The average Bonchev–Trinajstić information content (AvgIpc) is 2.61. The molecule has 1 unspecified atom stereocenters. The quantitative estimate of drug-likeness (QED) is 0.573. The molecule has 134 valence electrons. The van der Waals surface area contributed by atoms with Crippen molar-refractivity contribution in [3.05, 3.63) is 65.7 Å². The molecule has 0 spiro atoms. The predicted octanol–water partition coefficient (Wildman–Crippen LogP) is 2.73. The molecule has 0 radical (unpaired) electrons. The van der Waals surface area contributed by atoms with Crippen LogP contribution >= 0.6 is 0 Å². The van der Waals surface area contributed by atoms with Crippen LogP contribution in [0.4, 0.5) is 5.69 Å². The number of aliphatic imine (C=N–C) groups is 1. The Kier molecular flexibility index (Phi) is 7.44. The summed E-state index contributed by atoms with van der Waals surface area (Å²) in [7, 11) is 5.82. The first kappa shape index (κ1) is 19.0. The van der Waals surface area contributed by atoms with Gasteiger partial charge in [-0.2, -0.15) is 0 Å². The standard InChI is InChI=1S/C20H28N4O/c1-24(2)18(13-16-9-5-4-6-10-16)14-22-20(21)23-19-12-8-7-11-17(19)15-25-3/h4-12,18H,13-15H2,1-3H3,(H3,21,22,23). The van der Waals surface area contributed by atoms with Crippen LogP contribution in [0.3, 0.4) is 0 Å². The van der Waals surface area contributed by atoms with E-state index in [1.165, 1.54) is 5.56 Å². The number of para-hydroxylation sites is 1. The lowest BCUT2D eigenvalue weighted by atomic mass is 10.1. The van der Waals surface area contributed by atoms with Gasteiger partial charge in [-0.15, -0.1) is 0 Å². The van der Waals surface area contributed by atoms with Crippen molar-refractivity contribution in [2.75, 3.05) is 33.1 Å². The number of benzene rings is 2. The zero-order valence-electron chi connectivity index (χ0n) is 15.3. The van der Waals surface area contributed by atoms with Crippen LogP contribution in [0.15, 0.2) is 59.6 Å². The van der Waals surface area contributed by atoms with Crippen molar-refractivity contribution >= 4 is 11.6 Å². The normalized spacial score (nSPS) is 13.0. The molecule has 0 fully saturated rings. The van der Waals surface area contributed by atoms with Gasteiger partial charge >= 0.3 is 0 Å². The van der Waals surface area contributed by atoms with Gasteiger partial charge in [0.25, 0.3) is 0 Å². The van der Waals surface area contributed by atoms with Crippen LogP contribution in [0.5, 0.6) is 0 Å². The van der Waals surface area contributed by atoms with Gasteiger partial charge in [-0.25, -0.2) is 0 Å². The number of hydrogen-bond donors (Lipinski definition) is 2. The first-order valence-corrected chi connectivity index (χ1v) is 8.44. The fraction of sp³-hybridized carbons (Fsp3) is 0.350. The Morgan fingerprint density at radius 2 is 1.80 bits per heavy atom. The number of hydrogen-bond acceptors (Lipinski definition) is 3. The maximum absolute atomic E-state index is 6.09. The summed E-state index contributed by atoms with van der Waals surface area (Å²) in [6.45, 7) is 1.16. The average molecular weight is 340 g/mol. The fourth-order valence-electron chi connectivity index (χ4n) is 2.60. The van der Waals surface area contributed by atoms with Crippen LogP contribution in [-0.4, -0.2) is 44.7 Å². The van der Waals surface area contributed by atoms with Gasteiger partial charge < -0.3 is 20.7 Å². The van der Waals surface area contributed by atoms with Gasteiger partial charge in [0.1, 0.15) is 0 Å². The van der Waals surface area contributed by atoms with E-state index in [0.29, 0.717) is 19.1 Å². The molecule has 5 nitrogen and oxygen atoms in total. The second-order valence-corrected chi connectivity index (χ2v) is 6.25. The summed E-state index contributed by atoms with van der Waals surface area (Å²) in [6, 6.07) is 18.7. The topological polar surface area (TPSA) is 62.9 Å². The van der Waals surface area contributed by atoms with Crippen molar-refractivity contribution in [1.29, 1.82) is 0 Å². The highest BCUT2D eigenvalue weighted by molar-refractivity contribution is 5.93. The molecule has 1 atom stereocenters. The lowest BCUT2D eigenvalue weighted by Gasteiger charge is -2.23. The number of nitrogens with one attached hydrogen (secondary N) is 1. The monoisotopic (exact) mass is 340 g/mol. The van der Waals surface area contributed by atoms with E-state index in [0.717, 1.165) is 17.7 Å². The molecule has 0 saturated heterocycles. The second-order valence-electron chi connectivity index (χ2n) is 6.25. The first-order valence-electron chi connectivity index (χ1n) is 8.44. The van der Waals surface area contributed by atoms with Crippen LogP contribution in [0.25, 0.3) is 0 Å². The Labute approximate surface area is 150 Å². The highest BCUT2D eigenvalue weighted by Gasteiger charge is 2.12. The number of methoxy groups -OCH3 is 1. The molecule has 2 aromatic rings. The molecule has 0 amide bonds. The van der Waals surface area contributed by atoms with Gasteiger partial charge in [0.05, 0.1) is 13.2 Å². The number of ether oxygens (including phenoxy) is 1. The Hall–Kier alpha value is -2.37. The maximum Gasteiger partial charge on any atom is 0.193 e. The third kappa shape index (κ3) is 6.21. The van der Waals surface area contributed by atoms with E-state index in [1.807, 2.05) is 30.3 Å². The van der Waals surface area contributed by atoms with Crippen LogP contribution in [0.2, 0.25) is 0 Å². The lowest BCUT2D eigenvalue weighted by molar-refractivity contribution is 0.185. The van der Waals surface area contributed by atoms with E-state index < -0.39 is 0 Å². The number of anilines is 1. The molecule has 0 bridgehead atoms. The van der Waals surface area contributed by atoms with Gasteiger partial charge in [-0.1, -0.05) is 48.5 Å². The third-order valence-corrected chi connectivity index (χ3v) is 4.10. The summed E-state index contributed by atoms with van der Waals surface area (Å²) in [4.78, 5) is 6.72. The summed E-state index contributed by atoms with van der Waals surface area (Å²) in [6.07, 6.45) is 0.935. The zero-order valence-corrected chi connectivity index (χ0v) is 15.3. The van der Waals surface area contributed by atoms with Crippen molar-refractivity contribution in [3.63, 3.8) is 0 Å². The van der Waals surface area contributed by atoms with Crippen LogP contribution in [0.1, 0.15) is 11.1 Å². The Bertz CT molecular complexity index is 670. The minimum Gasteiger partial charge on any atom is -0.380 e. The predicted molar refractivity (Wildman–Crippen MR) is 105 cm³/mol. The van der Waals surface area contributed by atoms with Gasteiger partial charge in [0.2, 0.25) is 0 Å². The van der Waals surface area contributed by atoms with Crippen molar-refractivity contribution in [2.24, 2.45) is 10.7 Å². The molecule has 0 aliphatic heterocycles. The largest absolute Gasteiger partial charge is 0.380 e. The molecular formula is C20H28N4O. The minimum absolute atomic E-state index is 0.289. The Morgan fingerprint density at radius 3 is 2.48 bits per heavy atom. The zero-order chi connectivity index (χ0) is 18.1. The third-order valence-electron chi connectivity index (χ3n) is 4.10. The second kappa shape index (κ2) is 9.81. The van der Waals surface area contributed by atoms with E-state index in [1.54, 1.807) is 7.11 Å². The molecule has 0 heterocycles. The lowest BCUT2D eigenvalue weighted by Crippen LogP contribution is -2.34. The summed E-state index contributed by atoms with van der Waals surface area (Å²) in [5.74, 6) is 0.420. The summed E-state index contributed by atoms with van der Waals surface area (Å²) >= 11 is 0. The Morgan fingerprint density at radius 1 is 1.12 bits per heavy atom. The molecule has 3 N–H and O–H groups in total. The smallest absolute Gasteiger partial charge is 0.193 e. The van der Waals surface area contributed by atoms with Crippen LogP contribution < -0.4 is 11.1 Å². The van der Waals surface area contributed by atoms with Crippen molar-refractivity contribution < 1.29 is 4.74 Å². The van der Waals surface area contributed by atoms with Crippen molar-refractivity contribution in [1.82, 2.24) is 4.90 Å². The minimum atomic E-state index is 0.289. The molecular weight excluding hydrogens is 312 g/mol. The van der Waals surface area contributed by atoms with E-state index in [2.05, 4.69) is 53.6 Å². The molecule has 0 aromatic heterocycles. The highest BCUT2D eigenvalue weighted by Crippen LogP contribution is 2.15. The van der Waals surface area contributed by atoms with E-state index >= 15 is 0 Å². The van der Waals surface area contributed by atoms with E-state index in [4.69, 9.17) is 10.5 Å². The van der Waals surface area contributed by atoms with E-state index in [-0.39, 0.29) is 6.04 Å². The highest BCUT2D eigenvalue weighted by atomic mass is 16.5. The van der Waals surface area contributed by atoms with Crippen LogP contribution in [0, 0.1) is 0 Å². The number of rotatable bonds is 8. The molecule has 0 aliphatic carbocycles. The number of likely N-dealkylation sites (N-methyl/N-ethyl adjacent to an activating group) is 1. The molecule has 25 heavy (non-hydrogen) atoms. The molecule has 0 saturated carbocycles. The number of nitrogens with zero attached hydrogens (tertiary/aromatic N) is 2. The van der Waals surface area contributed by atoms with Gasteiger partial charge in [0, 0.05) is 24.4 Å². The van der Waals surface area contributed by atoms with Crippen LogP contribution in [-0.2, 0) is 17.8 Å². The molecule has 2 aromatic carbocycles. The van der Waals surface area contributed by atoms with Gasteiger partial charge in [-0.05, 0) is 32.1 Å². The van der Waals surface area contributed by atoms with Gasteiger partial charge in [0.15, 0.2) is 5.96 Å². The summed E-state index contributed by atoms with van der Waals surface area (Å²) in [5.41, 5.74) is 9.37. The fourth-order valence-corrected chi connectivity index (χ4v) is 2.60. The van der Waals surface area contributed by atoms with Crippen molar-refractivity contribution in [3.8, 4) is 0 Å². The van der Waals surface area contributed by atoms with E-state index in [9.17, 15) is 0 Å².